The van der Waals surface area contributed by atoms with E-state index in [-0.39, 0.29) is 29.9 Å². The first-order valence-electron chi connectivity index (χ1n) is 10.0. The van der Waals surface area contributed by atoms with Crippen LogP contribution in [-0.4, -0.2) is 25.2 Å². The maximum absolute atomic E-state index is 13.4. The molecule has 0 saturated heterocycles. The average molecular weight is 536 g/mol. The van der Waals surface area contributed by atoms with Gasteiger partial charge in [-0.05, 0) is 61.4 Å². The van der Waals surface area contributed by atoms with Crippen LogP contribution in [0.25, 0.3) is 0 Å². The molecule has 0 aliphatic rings. The van der Waals surface area contributed by atoms with E-state index in [4.69, 9.17) is 11.6 Å². The number of carbonyl (C=O) groups is 1. The molecule has 5 nitrogen and oxygen atoms in total. The van der Waals surface area contributed by atoms with Crippen LogP contribution in [0.5, 0.6) is 0 Å². The molecule has 8 heteroatoms. The van der Waals surface area contributed by atoms with Gasteiger partial charge in [0.05, 0.1) is 17.5 Å². The molecule has 0 aromatic heterocycles. The lowest BCUT2D eigenvalue weighted by atomic mass is 10.1. The highest BCUT2D eigenvalue weighted by Gasteiger charge is 2.27. The number of rotatable bonds is 8. The normalized spacial score (nSPS) is 12.5. The van der Waals surface area contributed by atoms with Crippen LogP contribution in [-0.2, 0) is 21.4 Å². The Hall–Kier alpha value is -2.19. The highest BCUT2D eigenvalue weighted by Crippen LogP contribution is 2.21. The van der Waals surface area contributed by atoms with Gasteiger partial charge in [-0.2, -0.15) is 4.31 Å². The van der Waals surface area contributed by atoms with E-state index in [1.54, 1.807) is 0 Å². The third-order valence-corrected chi connectivity index (χ3v) is 7.55. The van der Waals surface area contributed by atoms with Gasteiger partial charge in [-0.15, -0.1) is 0 Å². The number of hydrogen-bond acceptors (Lipinski definition) is 3. The van der Waals surface area contributed by atoms with Gasteiger partial charge in [0.25, 0.3) is 0 Å². The minimum absolute atomic E-state index is 0.0761. The summed E-state index contributed by atoms with van der Waals surface area (Å²) in [5, 5.41) is 3.33. The average Bonchev–Trinajstić information content (AvgIpc) is 2.74. The molecule has 0 saturated carbocycles. The fourth-order valence-electron chi connectivity index (χ4n) is 3.28. The predicted octanol–water partition coefficient (Wildman–Crippen LogP) is 5.48. The van der Waals surface area contributed by atoms with Crippen molar-refractivity contribution >= 4 is 43.5 Å². The molecular weight excluding hydrogens is 512 g/mol. The Morgan fingerprint density at radius 1 is 1.06 bits per heavy atom. The van der Waals surface area contributed by atoms with Crippen molar-refractivity contribution in [3.05, 3.63) is 99.0 Å². The van der Waals surface area contributed by atoms with E-state index in [9.17, 15) is 13.2 Å². The second-order valence-corrected chi connectivity index (χ2v) is 10.8. The number of nitrogens with zero attached hydrogens (tertiary/aromatic N) is 1. The molecule has 0 unspecified atom stereocenters. The molecule has 0 bridgehead atoms. The van der Waals surface area contributed by atoms with E-state index in [2.05, 4.69) is 21.2 Å². The van der Waals surface area contributed by atoms with Gasteiger partial charge >= 0.3 is 0 Å². The minimum Gasteiger partial charge on any atom is -0.348 e. The topological polar surface area (TPSA) is 66.5 Å². The lowest BCUT2D eigenvalue weighted by Crippen LogP contribution is -2.41. The molecule has 3 aromatic carbocycles. The Bertz CT molecular complexity index is 1180. The van der Waals surface area contributed by atoms with Gasteiger partial charge in [0.15, 0.2) is 0 Å². The fourth-order valence-corrected chi connectivity index (χ4v) is 5.05. The van der Waals surface area contributed by atoms with E-state index in [0.29, 0.717) is 5.02 Å². The van der Waals surface area contributed by atoms with Crippen LogP contribution in [0.2, 0.25) is 5.02 Å². The summed E-state index contributed by atoms with van der Waals surface area (Å²) in [6, 6.07) is 20.8. The Morgan fingerprint density at radius 3 is 2.34 bits per heavy atom. The molecule has 1 atom stereocenters. The van der Waals surface area contributed by atoms with Gasteiger partial charge in [0, 0.05) is 16.0 Å². The summed E-state index contributed by atoms with van der Waals surface area (Å²) in [5.41, 5.74) is 2.74. The quantitative estimate of drug-likeness (QED) is 0.415. The third-order valence-electron chi connectivity index (χ3n) is 4.96. The van der Waals surface area contributed by atoms with Gasteiger partial charge in [-0.1, -0.05) is 69.5 Å². The van der Waals surface area contributed by atoms with E-state index in [1.807, 2.05) is 62.4 Å². The Morgan fingerprint density at radius 2 is 1.72 bits per heavy atom. The molecule has 0 heterocycles. The highest BCUT2D eigenvalue weighted by atomic mass is 79.9. The predicted molar refractivity (Wildman–Crippen MR) is 131 cm³/mol. The first kappa shape index (κ1) is 24.5. The van der Waals surface area contributed by atoms with Crippen LogP contribution < -0.4 is 5.32 Å². The zero-order valence-corrected chi connectivity index (χ0v) is 20.9. The first-order chi connectivity index (χ1) is 15.1. The van der Waals surface area contributed by atoms with Gasteiger partial charge < -0.3 is 5.32 Å². The Labute approximate surface area is 202 Å². The van der Waals surface area contributed by atoms with Crippen LogP contribution in [0.1, 0.15) is 29.7 Å². The van der Waals surface area contributed by atoms with E-state index in [0.717, 1.165) is 21.2 Å². The zero-order chi connectivity index (χ0) is 23.3. The van der Waals surface area contributed by atoms with Crippen LogP contribution in [0.15, 0.2) is 82.2 Å². The van der Waals surface area contributed by atoms with E-state index in [1.165, 1.54) is 28.6 Å². The zero-order valence-electron chi connectivity index (χ0n) is 17.8. The summed E-state index contributed by atoms with van der Waals surface area (Å²) in [5.74, 6) is -0.384. The summed E-state index contributed by atoms with van der Waals surface area (Å²) in [4.78, 5) is 12.9. The Kier molecular flexibility index (Phi) is 8.11. The summed E-state index contributed by atoms with van der Waals surface area (Å²) in [6.45, 7) is 3.57. The highest BCUT2D eigenvalue weighted by molar-refractivity contribution is 9.10. The summed E-state index contributed by atoms with van der Waals surface area (Å²) < 4.78 is 28.9. The second-order valence-electron chi connectivity index (χ2n) is 7.56. The molecule has 0 radical (unpaired) electrons. The molecule has 0 aliphatic heterocycles. The molecule has 1 amide bonds. The molecule has 0 spiro atoms. The molecule has 0 aliphatic carbocycles. The SMILES string of the molecule is Cc1cccc(CN(CC(=O)N[C@@H](C)c2ccc(Br)cc2)S(=O)(=O)c2ccc(Cl)cc2)c1. The van der Waals surface area contributed by atoms with E-state index < -0.39 is 10.0 Å². The van der Waals surface area contributed by atoms with Crippen molar-refractivity contribution < 1.29 is 13.2 Å². The lowest BCUT2D eigenvalue weighted by Gasteiger charge is -2.23. The first-order valence-corrected chi connectivity index (χ1v) is 12.6. The minimum atomic E-state index is -3.92. The van der Waals surface area contributed by atoms with Crippen molar-refractivity contribution in [3.63, 3.8) is 0 Å². The van der Waals surface area contributed by atoms with Gasteiger partial charge in [-0.25, -0.2) is 8.42 Å². The number of halogens is 2. The van der Waals surface area contributed by atoms with Crippen molar-refractivity contribution in [2.24, 2.45) is 0 Å². The van der Waals surface area contributed by atoms with Crippen molar-refractivity contribution in [1.82, 2.24) is 9.62 Å². The van der Waals surface area contributed by atoms with Gasteiger partial charge in [0.1, 0.15) is 0 Å². The number of sulfonamides is 1. The second kappa shape index (κ2) is 10.6. The fraction of sp³-hybridized carbons (Fsp3) is 0.208. The maximum atomic E-state index is 13.4. The lowest BCUT2D eigenvalue weighted by molar-refractivity contribution is -0.122. The summed E-state index contributed by atoms with van der Waals surface area (Å²) in [7, 11) is -3.92. The standard InChI is InChI=1S/C24H24BrClN2O3S/c1-17-4-3-5-19(14-17)15-28(32(30,31)23-12-10-22(26)11-13-23)16-24(29)27-18(2)20-6-8-21(25)9-7-20/h3-14,18H,15-16H2,1-2H3,(H,27,29)/t18-/m0/s1. The Balaban J connectivity index is 1.83. The van der Waals surface area contributed by atoms with Crippen molar-refractivity contribution in [2.75, 3.05) is 6.54 Å². The van der Waals surface area contributed by atoms with Crippen molar-refractivity contribution in [2.45, 2.75) is 31.3 Å². The molecule has 32 heavy (non-hydrogen) atoms. The van der Waals surface area contributed by atoms with Crippen molar-refractivity contribution in [3.8, 4) is 0 Å². The third kappa shape index (κ3) is 6.42. The molecular formula is C24H24BrClN2O3S. The number of nitrogens with one attached hydrogen (secondary N) is 1. The summed E-state index contributed by atoms with van der Waals surface area (Å²) in [6.07, 6.45) is 0. The van der Waals surface area contributed by atoms with Crippen LogP contribution in [0.4, 0.5) is 0 Å². The molecule has 3 aromatic rings. The number of aryl methyl sites for hydroxylation is 1. The van der Waals surface area contributed by atoms with E-state index >= 15 is 0 Å². The van der Waals surface area contributed by atoms with Crippen LogP contribution in [0.3, 0.4) is 0 Å². The van der Waals surface area contributed by atoms with Crippen molar-refractivity contribution in [1.29, 1.82) is 0 Å². The summed E-state index contributed by atoms with van der Waals surface area (Å²) >= 11 is 9.32. The number of benzene rings is 3. The van der Waals surface area contributed by atoms with Gasteiger partial charge in [0.2, 0.25) is 15.9 Å². The molecule has 168 valence electrons. The maximum Gasteiger partial charge on any atom is 0.243 e. The molecule has 3 rings (SSSR count). The van der Waals surface area contributed by atoms with Crippen LogP contribution >= 0.6 is 27.5 Å². The molecule has 1 N–H and O–H groups in total. The van der Waals surface area contributed by atoms with Crippen LogP contribution in [0, 0.1) is 6.92 Å². The smallest absolute Gasteiger partial charge is 0.243 e. The monoisotopic (exact) mass is 534 g/mol. The number of amides is 1. The number of carbonyl (C=O) groups excluding carboxylic acids is 1. The number of hydrogen-bond donors (Lipinski definition) is 1. The molecule has 0 fully saturated rings. The van der Waals surface area contributed by atoms with Gasteiger partial charge in [-0.3, -0.25) is 4.79 Å². The largest absolute Gasteiger partial charge is 0.348 e.